The van der Waals surface area contributed by atoms with Crippen molar-refractivity contribution < 1.29 is 14.3 Å². The van der Waals surface area contributed by atoms with Crippen LogP contribution < -0.4 is 9.47 Å². The summed E-state index contributed by atoms with van der Waals surface area (Å²) in [6.45, 7) is 1.94. The van der Waals surface area contributed by atoms with Crippen molar-refractivity contribution in [2.24, 2.45) is 0 Å². The monoisotopic (exact) mass is 286 g/mol. The maximum atomic E-state index is 10.4. The Labute approximate surface area is 104 Å². The van der Waals surface area contributed by atoms with E-state index in [1.807, 2.05) is 13.0 Å². The van der Waals surface area contributed by atoms with Gasteiger partial charge < -0.3 is 14.3 Å². The van der Waals surface area contributed by atoms with Gasteiger partial charge in [-0.15, -0.1) is 0 Å². The van der Waals surface area contributed by atoms with E-state index in [-0.39, 0.29) is 0 Å². The largest absolute Gasteiger partial charge is 0.496 e. The van der Waals surface area contributed by atoms with E-state index in [9.17, 15) is 4.79 Å². The zero-order chi connectivity index (χ0) is 12.1. The van der Waals surface area contributed by atoms with Gasteiger partial charge in [0.25, 0.3) is 0 Å². The molecular formula is C12H15BrO3. The average Bonchev–Trinajstić information content (AvgIpc) is 2.26. The molecule has 3 nitrogen and oxygen atoms in total. The lowest BCUT2D eigenvalue weighted by Gasteiger charge is -2.15. The third-order valence-electron chi connectivity index (χ3n) is 2.43. The predicted octanol–water partition coefficient (Wildman–Crippen LogP) is 2.91. The maximum absolute atomic E-state index is 10.4. The molecule has 0 saturated carbocycles. The molecule has 0 fully saturated rings. The highest BCUT2D eigenvalue weighted by Crippen LogP contribution is 2.38. The van der Waals surface area contributed by atoms with Crippen LogP contribution in [-0.4, -0.2) is 20.5 Å². The highest BCUT2D eigenvalue weighted by molar-refractivity contribution is 9.10. The number of benzene rings is 1. The fraction of sp³-hybridized carbons (Fsp3) is 0.417. The molecule has 0 unspecified atom stereocenters. The molecule has 0 aromatic heterocycles. The Morgan fingerprint density at radius 3 is 2.44 bits per heavy atom. The molecule has 16 heavy (non-hydrogen) atoms. The molecule has 88 valence electrons. The summed E-state index contributed by atoms with van der Waals surface area (Å²) in [6.07, 6.45) is 2.08. The lowest BCUT2D eigenvalue weighted by molar-refractivity contribution is -0.107. The minimum atomic E-state index is 0.495. The lowest BCUT2D eigenvalue weighted by atomic mass is 10.0. The van der Waals surface area contributed by atoms with Gasteiger partial charge in [-0.2, -0.15) is 0 Å². The second-order valence-corrected chi connectivity index (χ2v) is 4.27. The number of aryl methyl sites for hydroxylation is 1. The van der Waals surface area contributed by atoms with Crippen molar-refractivity contribution in [3.8, 4) is 11.5 Å². The summed E-state index contributed by atoms with van der Waals surface area (Å²) in [5.41, 5.74) is 1.96. The Balaban J connectivity index is 3.23. The Bertz CT molecular complexity index is 388. The number of halogens is 1. The third-order valence-corrected chi connectivity index (χ3v) is 3.02. The fourth-order valence-corrected chi connectivity index (χ4v) is 2.48. The summed E-state index contributed by atoms with van der Waals surface area (Å²) >= 11 is 3.44. The standard InChI is InChI=1S/C12H15BrO3/c1-8-11(15-2)9(5-4-6-14)7-10(13)12(8)16-3/h6-7H,4-5H2,1-3H3. The number of carbonyl (C=O) groups is 1. The summed E-state index contributed by atoms with van der Waals surface area (Å²) in [7, 11) is 3.25. The Morgan fingerprint density at radius 2 is 1.94 bits per heavy atom. The molecular weight excluding hydrogens is 272 g/mol. The number of hydrogen-bond donors (Lipinski definition) is 0. The number of hydrogen-bond acceptors (Lipinski definition) is 3. The maximum Gasteiger partial charge on any atom is 0.139 e. The van der Waals surface area contributed by atoms with Gasteiger partial charge in [-0.3, -0.25) is 0 Å². The van der Waals surface area contributed by atoms with Crippen LogP contribution in [0.1, 0.15) is 17.5 Å². The molecule has 0 amide bonds. The Hall–Kier alpha value is -1.03. The Morgan fingerprint density at radius 1 is 1.31 bits per heavy atom. The van der Waals surface area contributed by atoms with Crippen molar-refractivity contribution in [3.05, 3.63) is 21.7 Å². The van der Waals surface area contributed by atoms with E-state index in [1.165, 1.54) is 0 Å². The topological polar surface area (TPSA) is 35.5 Å². The number of ether oxygens (including phenoxy) is 2. The van der Waals surface area contributed by atoms with Gasteiger partial charge in [-0.25, -0.2) is 0 Å². The van der Waals surface area contributed by atoms with Crippen molar-refractivity contribution in [1.29, 1.82) is 0 Å². The van der Waals surface area contributed by atoms with Crippen molar-refractivity contribution in [1.82, 2.24) is 0 Å². The van der Waals surface area contributed by atoms with Gasteiger partial charge in [0.2, 0.25) is 0 Å². The first-order valence-electron chi connectivity index (χ1n) is 4.99. The van der Waals surface area contributed by atoms with Crippen LogP contribution in [0.25, 0.3) is 0 Å². The SMILES string of the molecule is COc1c(Br)cc(CCC=O)c(OC)c1C. The zero-order valence-electron chi connectivity index (χ0n) is 9.67. The van der Waals surface area contributed by atoms with Gasteiger partial charge in [-0.1, -0.05) is 0 Å². The third kappa shape index (κ3) is 2.55. The summed E-state index contributed by atoms with van der Waals surface area (Å²) in [6, 6.07) is 1.94. The quantitative estimate of drug-likeness (QED) is 0.781. The van der Waals surface area contributed by atoms with E-state index in [2.05, 4.69) is 15.9 Å². The molecule has 0 bridgehead atoms. The summed E-state index contributed by atoms with van der Waals surface area (Å²) < 4.78 is 11.5. The molecule has 0 heterocycles. The normalized spacial score (nSPS) is 10.0. The summed E-state index contributed by atoms with van der Waals surface area (Å²) in [4.78, 5) is 10.4. The first-order chi connectivity index (χ1) is 7.65. The molecule has 0 spiro atoms. The highest BCUT2D eigenvalue weighted by atomic mass is 79.9. The minimum Gasteiger partial charge on any atom is -0.496 e. The van der Waals surface area contributed by atoms with Crippen LogP contribution in [0.2, 0.25) is 0 Å². The van der Waals surface area contributed by atoms with Crippen molar-refractivity contribution in [2.45, 2.75) is 19.8 Å². The van der Waals surface area contributed by atoms with Gasteiger partial charge in [0.05, 0.1) is 18.7 Å². The molecule has 1 aromatic carbocycles. The van der Waals surface area contributed by atoms with Gasteiger partial charge in [-0.05, 0) is 40.9 Å². The van der Waals surface area contributed by atoms with Crippen LogP contribution in [-0.2, 0) is 11.2 Å². The first kappa shape index (κ1) is 13.0. The van der Waals surface area contributed by atoms with Crippen LogP contribution in [0.3, 0.4) is 0 Å². The van der Waals surface area contributed by atoms with E-state index in [0.29, 0.717) is 12.8 Å². The fourth-order valence-electron chi connectivity index (χ4n) is 1.74. The minimum absolute atomic E-state index is 0.495. The number of methoxy groups -OCH3 is 2. The summed E-state index contributed by atoms with van der Waals surface area (Å²) in [5.74, 6) is 1.56. The van der Waals surface area contributed by atoms with Crippen molar-refractivity contribution in [2.75, 3.05) is 14.2 Å². The molecule has 1 aromatic rings. The van der Waals surface area contributed by atoms with E-state index in [0.717, 1.165) is 33.4 Å². The van der Waals surface area contributed by atoms with Gasteiger partial charge in [0.1, 0.15) is 17.8 Å². The van der Waals surface area contributed by atoms with Crippen LogP contribution in [0.4, 0.5) is 0 Å². The molecule has 0 aliphatic carbocycles. The second kappa shape index (κ2) is 5.89. The predicted molar refractivity (Wildman–Crippen MR) is 66.4 cm³/mol. The van der Waals surface area contributed by atoms with Gasteiger partial charge in [0.15, 0.2) is 0 Å². The lowest BCUT2D eigenvalue weighted by Crippen LogP contribution is -1.99. The van der Waals surface area contributed by atoms with Gasteiger partial charge in [0, 0.05) is 12.0 Å². The second-order valence-electron chi connectivity index (χ2n) is 3.41. The van der Waals surface area contributed by atoms with Gasteiger partial charge >= 0.3 is 0 Å². The summed E-state index contributed by atoms with van der Waals surface area (Å²) in [5, 5.41) is 0. The molecule has 0 atom stereocenters. The first-order valence-corrected chi connectivity index (χ1v) is 5.78. The molecule has 0 aliphatic heterocycles. The Kier molecular flexibility index (Phi) is 4.80. The molecule has 4 heteroatoms. The number of aldehydes is 1. The van der Waals surface area contributed by atoms with Crippen LogP contribution in [0, 0.1) is 6.92 Å². The van der Waals surface area contributed by atoms with Crippen LogP contribution in [0.5, 0.6) is 11.5 Å². The van der Waals surface area contributed by atoms with Crippen molar-refractivity contribution >= 4 is 22.2 Å². The van der Waals surface area contributed by atoms with E-state index >= 15 is 0 Å². The number of carbonyl (C=O) groups excluding carboxylic acids is 1. The van der Waals surface area contributed by atoms with E-state index < -0.39 is 0 Å². The van der Waals surface area contributed by atoms with Crippen LogP contribution in [0.15, 0.2) is 10.5 Å². The zero-order valence-corrected chi connectivity index (χ0v) is 11.3. The number of rotatable bonds is 5. The molecule has 1 rings (SSSR count). The average molecular weight is 287 g/mol. The highest BCUT2D eigenvalue weighted by Gasteiger charge is 2.14. The smallest absolute Gasteiger partial charge is 0.139 e. The molecule has 0 aliphatic rings. The van der Waals surface area contributed by atoms with Crippen molar-refractivity contribution in [3.63, 3.8) is 0 Å². The van der Waals surface area contributed by atoms with E-state index in [4.69, 9.17) is 9.47 Å². The molecule has 0 N–H and O–H groups in total. The van der Waals surface area contributed by atoms with E-state index in [1.54, 1.807) is 14.2 Å². The van der Waals surface area contributed by atoms with Crippen LogP contribution >= 0.6 is 15.9 Å². The molecule has 0 radical (unpaired) electrons. The molecule has 0 saturated heterocycles.